The molecule has 0 amide bonds. The van der Waals surface area contributed by atoms with Gasteiger partial charge in [0, 0.05) is 40.6 Å². The molecule has 7 nitrogen and oxygen atoms in total. The zero-order chi connectivity index (χ0) is 20.3. The van der Waals surface area contributed by atoms with E-state index >= 15 is 0 Å². The predicted molar refractivity (Wildman–Crippen MR) is 111 cm³/mol. The zero-order valence-electron chi connectivity index (χ0n) is 16.2. The molecule has 9 heteroatoms. The number of hydrogen-bond acceptors (Lipinski definition) is 6. The van der Waals surface area contributed by atoms with Crippen LogP contribution in [0.1, 0.15) is 44.4 Å². The average Bonchev–Trinajstić information content (AvgIpc) is 2.63. The van der Waals surface area contributed by atoms with E-state index in [1.54, 1.807) is 6.07 Å². The maximum Gasteiger partial charge on any atom is 0.749 e. The van der Waals surface area contributed by atoms with Crippen LogP contribution < -0.4 is 14.1 Å². The van der Waals surface area contributed by atoms with Crippen LogP contribution in [0.2, 0.25) is 0 Å². The van der Waals surface area contributed by atoms with Gasteiger partial charge in [-0.25, -0.2) is 4.52 Å². The van der Waals surface area contributed by atoms with Gasteiger partial charge in [0.1, 0.15) is 10.6 Å². The van der Waals surface area contributed by atoms with Gasteiger partial charge in [-0.05, 0) is 38.8 Å². The molecule has 0 aliphatic carbocycles. The van der Waals surface area contributed by atoms with E-state index in [0.717, 1.165) is 17.5 Å². The fourth-order valence-corrected chi connectivity index (χ4v) is 4.15. The molecule has 1 aromatic heterocycles. The molecule has 3 rings (SSSR count). The quantitative estimate of drug-likeness (QED) is 0.542. The fraction of sp³-hybridized carbons (Fsp3) is 0.421. The number of fused-ring (bicyclic) bond motifs is 1. The lowest BCUT2D eigenvalue weighted by Crippen LogP contribution is -2.44. The van der Waals surface area contributed by atoms with Gasteiger partial charge in [0.2, 0.25) is 0 Å². The van der Waals surface area contributed by atoms with Crippen LogP contribution in [0.3, 0.4) is 0 Å². The summed E-state index contributed by atoms with van der Waals surface area (Å²) in [7, 11) is -2.79. The Morgan fingerprint density at radius 3 is 2.68 bits per heavy atom. The molecule has 0 fully saturated rings. The summed E-state index contributed by atoms with van der Waals surface area (Å²) >= 11 is -1.22. The Balaban J connectivity index is 1.91. The third kappa shape index (κ3) is 5.21. The monoisotopic (exact) mass is 422 g/mol. The topological polar surface area (TPSA) is 97.8 Å². The van der Waals surface area contributed by atoms with E-state index < -0.39 is 19.6 Å². The number of benzene rings is 1. The first-order valence-corrected chi connectivity index (χ1v) is 11.3. The van der Waals surface area contributed by atoms with Crippen molar-refractivity contribution in [2.75, 3.05) is 11.4 Å². The van der Waals surface area contributed by atoms with E-state index in [4.69, 9.17) is 9.42 Å². The summed E-state index contributed by atoms with van der Waals surface area (Å²) in [4.78, 5) is 15.6. The van der Waals surface area contributed by atoms with Gasteiger partial charge in [-0.3, -0.25) is 0 Å². The van der Waals surface area contributed by atoms with Gasteiger partial charge < -0.3 is 9.45 Å². The van der Waals surface area contributed by atoms with Crippen molar-refractivity contribution < 1.29 is 18.5 Å². The summed E-state index contributed by atoms with van der Waals surface area (Å²) in [5, 5.41) is 0. The SMILES string of the molecule is CC(C)(C)[S+]([O-])NC1CCN(Cc2ccccc2)c2nc(O[P+](=O)O)ccc21. The van der Waals surface area contributed by atoms with E-state index in [9.17, 15) is 9.12 Å². The second kappa shape index (κ2) is 8.76. The Morgan fingerprint density at radius 1 is 1.32 bits per heavy atom. The zero-order valence-corrected chi connectivity index (χ0v) is 17.9. The number of rotatable bonds is 6. The van der Waals surface area contributed by atoms with Gasteiger partial charge in [-0.15, -0.1) is 9.62 Å². The lowest BCUT2D eigenvalue weighted by atomic mass is 10.00. The molecule has 0 spiro atoms. The second-order valence-electron chi connectivity index (χ2n) is 7.64. The number of nitrogens with zero attached hydrogens (tertiary/aromatic N) is 2. The molecule has 1 aromatic carbocycles. The average molecular weight is 422 g/mol. The molecule has 2 aromatic rings. The molecule has 3 atom stereocenters. The van der Waals surface area contributed by atoms with Crippen LogP contribution in [0, 0.1) is 0 Å². The van der Waals surface area contributed by atoms with Crippen molar-refractivity contribution >= 4 is 25.4 Å². The van der Waals surface area contributed by atoms with Gasteiger partial charge in [0.25, 0.3) is 5.88 Å². The fourth-order valence-electron chi connectivity index (χ4n) is 3.03. The van der Waals surface area contributed by atoms with Gasteiger partial charge in [-0.2, -0.15) is 4.98 Å². The molecule has 2 heterocycles. The Kier molecular flexibility index (Phi) is 6.58. The summed E-state index contributed by atoms with van der Waals surface area (Å²) in [5.74, 6) is 0.769. The van der Waals surface area contributed by atoms with Crippen molar-refractivity contribution in [1.82, 2.24) is 9.71 Å². The molecule has 0 saturated heterocycles. The summed E-state index contributed by atoms with van der Waals surface area (Å²) in [6, 6.07) is 13.3. The summed E-state index contributed by atoms with van der Waals surface area (Å²) in [5.41, 5.74) is 2.04. The van der Waals surface area contributed by atoms with Gasteiger partial charge in [-0.1, -0.05) is 30.3 Å². The highest BCUT2D eigenvalue weighted by Crippen LogP contribution is 2.37. The lowest BCUT2D eigenvalue weighted by Gasteiger charge is -2.36. The highest BCUT2D eigenvalue weighted by Gasteiger charge is 2.34. The second-order valence-corrected chi connectivity index (χ2v) is 10.3. The summed E-state index contributed by atoms with van der Waals surface area (Å²) in [6.45, 7) is 7.14. The normalized spacial score (nSPS) is 18.4. The first-order chi connectivity index (χ1) is 13.2. The Morgan fingerprint density at radius 2 is 2.04 bits per heavy atom. The van der Waals surface area contributed by atoms with Crippen LogP contribution in [0.4, 0.5) is 5.82 Å². The van der Waals surface area contributed by atoms with Crippen molar-refractivity contribution in [2.24, 2.45) is 0 Å². The van der Waals surface area contributed by atoms with Crippen molar-refractivity contribution in [3.05, 3.63) is 53.6 Å². The predicted octanol–water partition coefficient (Wildman–Crippen LogP) is 3.61. The molecular formula is C19H25N3O4PS+. The molecule has 2 N–H and O–H groups in total. The van der Waals surface area contributed by atoms with Crippen molar-refractivity contribution in [3.8, 4) is 5.88 Å². The Labute approximate surface area is 169 Å². The van der Waals surface area contributed by atoms with Crippen LogP contribution in [0.5, 0.6) is 5.88 Å². The minimum Gasteiger partial charge on any atom is -0.598 e. The van der Waals surface area contributed by atoms with E-state index in [0.29, 0.717) is 18.9 Å². The minimum atomic E-state index is -2.79. The molecule has 3 unspecified atom stereocenters. The van der Waals surface area contributed by atoms with Crippen LogP contribution in [-0.4, -0.2) is 25.7 Å². The molecule has 1 aliphatic rings. The van der Waals surface area contributed by atoms with Crippen LogP contribution in [-0.2, 0) is 22.5 Å². The Bertz CT molecular complexity index is 832. The van der Waals surface area contributed by atoms with Gasteiger partial charge in [0.05, 0.1) is 6.04 Å². The van der Waals surface area contributed by atoms with Crippen LogP contribution in [0.25, 0.3) is 0 Å². The number of hydrogen-bond donors (Lipinski definition) is 2. The van der Waals surface area contributed by atoms with Crippen molar-refractivity contribution in [2.45, 2.75) is 44.5 Å². The highest BCUT2D eigenvalue weighted by molar-refractivity contribution is 7.90. The minimum absolute atomic E-state index is 0.0954. The molecule has 0 radical (unpaired) electrons. The molecule has 0 saturated carbocycles. The van der Waals surface area contributed by atoms with E-state index in [-0.39, 0.29) is 16.7 Å². The number of anilines is 1. The number of nitrogens with one attached hydrogen (secondary N) is 1. The lowest BCUT2D eigenvalue weighted by molar-refractivity contribution is 0.403. The van der Waals surface area contributed by atoms with Crippen LogP contribution >= 0.6 is 8.25 Å². The molecule has 28 heavy (non-hydrogen) atoms. The number of aromatic nitrogens is 1. The van der Waals surface area contributed by atoms with E-state index in [1.165, 1.54) is 0 Å². The largest absolute Gasteiger partial charge is 0.749 e. The van der Waals surface area contributed by atoms with Crippen LogP contribution in [0.15, 0.2) is 42.5 Å². The third-order valence-electron chi connectivity index (χ3n) is 4.44. The Hall–Kier alpha value is -1.70. The van der Waals surface area contributed by atoms with E-state index in [2.05, 4.69) is 14.6 Å². The molecule has 0 bridgehead atoms. The molecular weight excluding hydrogens is 397 g/mol. The number of pyridine rings is 1. The highest BCUT2D eigenvalue weighted by atomic mass is 32.2. The molecule has 1 aliphatic heterocycles. The van der Waals surface area contributed by atoms with Crippen molar-refractivity contribution in [1.29, 1.82) is 0 Å². The molecule has 150 valence electrons. The maximum atomic E-state index is 12.6. The standard InChI is InChI=1S/C19H24N3O4PS/c1-19(2,3)28(25)21-16-11-12-22(13-14-7-5-4-6-8-14)18-15(16)9-10-17(20-18)26-27(23)24/h4-10,16,21H,11-13H2,1-3H3/p+1. The smallest absolute Gasteiger partial charge is 0.598 e. The van der Waals surface area contributed by atoms with Gasteiger partial charge >= 0.3 is 8.25 Å². The van der Waals surface area contributed by atoms with Gasteiger partial charge in [0.15, 0.2) is 0 Å². The maximum absolute atomic E-state index is 12.6. The van der Waals surface area contributed by atoms with Crippen molar-refractivity contribution in [3.63, 3.8) is 0 Å². The first-order valence-electron chi connectivity index (χ1n) is 9.06. The first kappa shape index (κ1) is 21.0. The summed E-state index contributed by atoms with van der Waals surface area (Å²) in [6.07, 6.45) is 0.776. The summed E-state index contributed by atoms with van der Waals surface area (Å²) < 4.78 is 31.4. The van der Waals surface area contributed by atoms with E-state index in [1.807, 2.05) is 57.2 Å². The third-order valence-corrected chi connectivity index (χ3v) is 6.39.